The number of rotatable bonds is 12. The highest BCUT2D eigenvalue weighted by atomic mass is 16.5. The number of carboxylic acids is 1. The monoisotopic (exact) mass is 420 g/mol. The van der Waals surface area contributed by atoms with Crippen molar-refractivity contribution in [2.45, 2.75) is 93.9 Å². The minimum Gasteiger partial charge on any atom is -0.481 e. The van der Waals surface area contributed by atoms with Gasteiger partial charge >= 0.3 is 11.9 Å². The lowest BCUT2D eigenvalue weighted by Gasteiger charge is -2.03. The lowest BCUT2D eigenvalue weighted by Crippen LogP contribution is -2.07. The maximum atomic E-state index is 10.8. The fraction of sp³-hybridized carbons (Fsp3) is 0.615. The maximum Gasteiger partial charge on any atom is 0.306 e. The van der Waals surface area contributed by atoms with E-state index < -0.39 is 5.97 Å². The van der Waals surface area contributed by atoms with E-state index in [0.29, 0.717) is 19.4 Å². The average molecular weight is 421 g/mol. The summed E-state index contributed by atoms with van der Waals surface area (Å²) < 4.78 is 4.96. The second-order valence-electron chi connectivity index (χ2n) is 8.25. The highest BCUT2D eigenvalue weighted by Crippen LogP contribution is 2.11. The van der Waals surface area contributed by atoms with Gasteiger partial charge in [0.2, 0.25) is 0 Å². The zero-order chi connectivity index (χ0) is 23.5. The molecule has 4 nitrogen and oxygen atoms in total. The van der Waals surface area contributed by atoms with Gasteiger partial charge in [-0.1, -0.05) is 54.4 Å². The molecule has 0 spiro atoms. The summed E-state index contributed by atoms with van der Waals surface area (Å²) in [6.45, 7) is 16.5. The lowest BCUT2D eigenvalue weighted by molar-refractivity contribution is -0.142. The van der Waals surface area contributed by atoms with Gasteiger partial charge < -0.3 is 9.84 Å². The van der Waals surface area contributed by atoms with Crippen molar-refractivity contribution >= 4 is 11.9 Å². The number of aliphatic carboxylic acids is 1. The molecule has 0 aliphatic rings. The van der Waals surface area contributed by atoms with Crippen LogP contribution in [0.5, 0.6) is 0 Å². The number of allylic oxidation sites excluding steroid dienone is 7. The van der Waals surface area contributed by atoms with Gasteiger partial charge in [0.15, 0.2) is 0 Å². The zero-order valence-electron chi connectivity index (χ0n) is 20.5. The Kier molecular flexibility index (Phi) is 19.0. The predicted octanol–water partition coefficient (Wildman–Crippen LogP) is 7.42. The first-order valence-corrected chi connectivity index (χ1v) is 11.0. The fourth-order valence-electron chi connectivity index (χ4n) is 2.24. The van der Waals surface area contributed by atoms with Crippen LogP contribution in [0.4, 0.5) is 0 Å². The number of carbonyl (C=O) groups excluding carboxylic acids is 1. The Morgan fingerprint density at radius 1 is 0.833 bits per heavy atom. The summed E-state index contributed by atoms with van der Waals surface area (Å²) in [5.41, 5.74) is 5.24. The SMILES string of the molecule is CC(C)=CCC/C(C)=C/CC(C)C(=O)O.CCC(=O)OC/C=C(\C)CCC=C(C)C. The topological polar surface area (TPSA) is 63.6 Å². The Labute approximate surface area is 184 Å². The van der Waals surface area contributed by atoms with Crippen LogP contribution in [-0.2, 0) is 14.3 Å². The van der Waals surface area contributed by atoms with Crippen molar-refractivity contribution in [1.29, 1.82) is 0 Å². The molecule has 0 bridgehead atoms. The molecule has 0 aromatic carbocycles. The summed E-state index contributed by atoms with van der Waals surface area (Å²) >= 11 is 0. The Morgan fingerprint density at radius 3 is 1.70 bits per heavy atom. The summed E-state index contributed by atoms with van der Waals surface area (Å²) in [6.07, 6.45) is 13.7. The Balaban J connectivity index is 0. The zero-order valence-corrected chi connectivity index (χ0v) is 20.5. The van der Waals surface area contributed by atoms with Crippen LogP contribution in [0.15, 0.2) is 46.6 Å². The highest BCUT2D eigenvalue weighted by Gasteiger charge is 2.08. The first kappa shape index (κ1) is 30.1. The minimum absolute atomic E-state index is 0.136. The Hall–Kier alpha value is -2.10. The van der Waals surface area contributed by atoms with E-state index in [2.05, 4.69) is 53.7 Å². The van der Waals surface area contributed by atoms with E-state index in [0.717, 1.165) is 25.7 Å². The number of carboxylic acid groups (broad SMARTS) is 1. The smallest absolute Gasteiger partial charge is 0.306 e. The molecule has 0 rings (SSSR count). The molecule has 0 radical (unpaired) electrons. The largest absolute Gasteiger partial charge is 0.481 e. The second-order valence-corrected chi connectivity index (χ2v) is 8.25. The molecule has 30 heavy (non-hydrogen) atoms. The van der Waals surface area contributed by atoms with Gasteiger partial charge in [-0.25, -0.2) is 0 Å². The summed E-state index contributed by atoms with van der Waals surface area (Å²) in [6, 6.07) is 0. The number of carbonyl (C=O) groups is 2. The molecule has 4 heteroatoms. The van der Waals surface area contributed by atoms with E-state index >= 15 is 0 Å². The van der Waals surface area contributed by atoms with Gasteiger partial charge in [-0.05, 0) is 79.7 Å². The number of esters is 1. The quantitative estimate of drug-likeness (QED) is 0.263. The number of hydrogen-bond donors (Lipinski definition) is 1. The van der Waals surface area contributed by atoms with Gasteiger partial charge in [0.25, 0.3) is 0 Å². The molecule has 0 aromatic rings. The van der Waals surface area contributed by atoms with Crippen molar-refractivity contribution in [3.8, 4) is 0 Å². The van der Waals surface area contributed by atoms with E-state index in [1.54, 1.807) is 13.8 Å². The molecule has 0 fully saturated rings. The summed E-state index contributed by atoms with van der Waals surface area (Å²) in [4.78, 5) is 21.4. The molecular weight excluding hydrogens is 376 g/mol. The summed E-state index contributed by atoms with van der Waals surface area (Å²) in [7, 11) is 0. The third-order valence-corrected chi connectivity index (χ3v) is 4.39. The normalized spacial score (nSPS) is 12.3. The summed E-state index contributed by atoms with van der Waals surface area (Å²) in [5.74, 6) is -1.13. The number of hydrogen-bond acceptors (Lipinski definition) is 3. The molecule has 0 saturated carbocycles. The molecule has 0 amide bonds. The van der Waals surface area contributed by atoms with Crippen LogP contribution in [0, 0.1) is 5.92 Å². The van der Waals surface area contributed by atoms with Crippen molar-refractivity contribution < 1.29 is 19.4 Å². The molecule has 0 aromatic heterocycles. The molecule has 172 valence electrons. The van der Waals surface area contributed by atoms with Gasteiger partial charge in [-0.15, -0.1) is 0 Å². The van der Waals surface area contributed by atoms with Crippen LogP contribution >= 0.6 is 0 Å². The van der Waals surface area contributed by atoms with Crippen molar-refractivity contribution in [3.63, 3.8) is 0 Å². The van der Waals surface area contributed by atoms with E-state index in [4.69, 9.17) is 9.84 Å². The maximum absolute atomic E-state index is 10.8. The third-order valence-electron chi connectivity index (χ3n) is 4.39. The van der Waals surface area contributed by atoms with Crippen molar-refractivity contribution in [1.82, 2.24) is 0 Å². The van der Waals surface area contributed by atoms with Crippen LogP contribution in [0.25, 0.3) is 0 Å². The molecule has 0 aliphatic carbocycles. The molecule has 1 atom stereocenters. The lowest BCUT2D eigenvalue weighted by atomic mass is 10.0. The Bertz CT molecular complexity index is 611. The molecule has 0 saturated heterocycles. The van der Waals surface area contributed by atoms with Crippen LogP contribution in [-0.4, -0.2) is 23.7 Å². The summed E-state index contributed by atoms with van der Waals surface area (Å²) in [5, 5.41) is 8.70. The predicted molar refractivity (Wildman–Crippen MR) is 128 cm³/mol. The van der Waals surface area contributed by atoms with Gasteiger partial charge in [0.1, 0.15) is 6.61 Å². The fourth-order valence-corrected chi connectivity index (χ4v) is 2.24. The van der Waals surface area contributed by atoms with E-state index in [1.165, 1.54) is 22.3 Å². The molecular formula is C26H44O4. The Morgan fingerprint density at radius 2 is 1.30 bits per heavy atom. The van der Waals surface area contributed by atoms with Crippen molar-refractivity contribution in [2.24, 2.45) is 5.92 Å². The molecule has 0 aliphatic heterocycles. The first-order valence-electron chi connectivity index (χ1n) is 11.0. The average Bonchev–Trinajstić information content (AvgIpc) is 2.65. The highest BCUT2D eigenvalue weighted by molar-refractivity contribution is 5.69. The van der Waals surface area contributed by atoms with E-state index in [9.17, 15) is 9.59 Å². The minimum atomic E-state index is -0.719. The standard InChI is InChI=1S/2C13H22O2/c1-10(2)6-5-7-11(3)8-9-12(4)13(14)15;1-5-13(14)15-10-9-12(4)8-6-7-11(2)3/h6,8,12H,5,7,9H2,1-4H3,(H,14,15);7,9H,5-6,8,10H2,1-4H3/b11-8+;12-9+. The molecule has 1 N–H and O–H groups in total. The van der Waals surface area contributed by atoms with Crippen LogP contribution in [0.1, 0.15) is 93.9 Å². The first-order chi connectivity index (χ1) is 14.0. The van der Waals surface area contributed by atoms with Gasteiger partial charge in [-0.3, -0.25) is 9.59 Å². The van der Waals surface area contributed by atoms with Gasteiger partial charge in [0, 0.05) is 6.42 Å². The van der Waals surface area contributed by atoms with Crippen molar-refractivity contribution in [3.05, 3.63) is 46.6 Å². The van der Waals surface area contributed by atoms with Gasteiger partial charge in [-0.2, -0.15) is 0 Å². The van der Waals surface area contributed by atoms with Crippen LogP contribution < -0.4 is 0 Å². The van der Waals surface area contributed by atoms with Crippen LogP contribution in [0.2, 0.25) is 0 Å². The molecule has 0 heterocycles. The number of ether oxygens (including phenoxy) is 1. The van der Waals surface area contributed by atoms with Gasteiger partial charge in [0.05, 0.1) is 5.92 Å². The molecule has 1 unspecified atom stereocenters. The van der Waals surface area contributed by atoms with Crippen molar-refractivity contribution in [2.75, 3.05) is 6.61 Å². The van der Waals surface area contributed by atoms with E-state index in [1.807, 2.05) is 12.2 Å². The second kappa shape index (κ2) is 18.9. The third kappa shape index (κ3) is 22.2. The van der Waals surface area contributed by atoms with Crippen LogP contribution in [0.3, 0.4) is 0 Å². The van der Waals surface area contributed by atoms with E-state index in [-0.39, 0.29) is 11.9 Å².